The predicted octanol–water partition coefficient (Wildman–Crippen LogP) is 1.61. The lowest BCUT2D eigenvalue weighted by Crippen LogP contribution is -2.30. The number of rotatable bonds is 2. The number of Topliss-reactive ketones (excluding diaryl/α,β-unsaturated/α-hetero) is 1. The molecule has 90 valence electrons. The summed E-state index contributed by atoms with van der Waals surface area (Å²) in [5, 5.41) is 0. The van der Waals surface area contributed by atoms with Crippen LogP contribution in [0.5, 0.6) is 5.75 Å². The fourth-order valence-electron chi connectivity index (χ4n) is 2.22. The van der Waals surface area contributed by atoms with Crippen molar-refractivity contribution in [1.29, 1.82) is 0 Å². The minimum atomic E-state index is -0.667. The van der Waals surface area contributed by atoms with Crippen LogP contribution < -0.4 is 4.74 Å². The lowest BCUT2D eigenvalue weighted by Gasteiger charge is -2.22. The van der Waals surface area contributed by atoms with E-state index in [9.17, 15) is 9.59 Å². The summed E-state index contributed by atoms with van der Waals surface area (Å²) in [6.07, 6.45) is 1.14. The van der Waals surface area contributed by atoms with Gasteiger partial charge in [0, 0.05) is 11.1 Å². The van der Waals surface area contributed by atoms with Crippen LogP contribution in [-0.4, -0.2) is 26.0 Å². The van der Waals surface area contributed by atoms with Gasteiger partial charge in [0.25, 0.3) is 0 Å². The van der Waals surface area contributed by atoms with Gasteiger partial charge in [0.05, 0.1) is 14.2 Å². The molecule has 1 aromatic carbocycles. The summed E-state index contributed by atoms with van der Waals surface area (Å²) in [7, 11) is 2.88. The molecule has 0 spiro atoms. The van der Waals surface area contributed by atoms with Crippen molar-refractivity contribution < 1.29 is 19.1 Å². The molecule has 1 unspecified atom stereocenters. The van der Waals surface area contributed by atoms with Gasteiger partial charge in [-0.25, -0.2) is 0 Å². The van der Waals surface area contributed by atoms with Crippen molar-refractivity contribution in [3.05, 3.63) is 29.3 Å². The van der Waals surface area contributed by atoms with E-state index >= 15 is 0 Å². The van der Waals surface area contributed by atoms with E-state index in [-0.39, 0.29) is 5.78 Å². The number of carbonyl (C=O) groups is 2. The topological polar surface area (TPSA) is 52.6 Å². The normalized spacial score (nSPS) is 18.5. The zero-order valence-electron chi connectivity index (χ0n) is 9.86. The van der Waals surface area contributed by atoms with Crippen LogP contribution in [0.1, 0.15) is 22.3 Å². The third kappa shape index (κ3) is 1.90. The molecule has 2 rings (SSSR count). The lowest BCUT2D eigenvalue weighted by atomic mass is 9.82. The fourth-order valence-corrected chi connectivity index (χ4v) is 2.22. The van der Waals surface area contributed by atoms with E-state index in [0.717, 1.165) is 5.56 Å². The first-order valence-electron chi connectivity index (χ1n) is 5.47. The SMILES string of the molecule is COC(=O)C1CCc2c(OC)cccc2C1=O. The molecule has 4 heteroatoms. The Morgan fingerprint density at radius 3 is 2.76 bits per heavy atom. The van der Waals surface area contributed by atoms with E-state index in [2.05, 4.69) is 4.74 Å². The zero-order chi connectivity index (χ0) is 12.4. The van der Waals surface area contributed by atoms with Crippen molar-refractivity contribution in [3.63, 3.8) is 0 Å². The maximum absolute atomic E-state index is 12.1. The summed E-state index contributed by atoms with van der Waals surface area (Å²) in [5.41, 5.74) is 1.46. The Balaban J connectivity index is 2.40. The van der Waals surface area contributed by atoms with Crippen molar-refractivity contribution in [2.45, 2.75) is 12.8 Å². The van der Waals surface area contributed by atoms with Crippen LogP contribution in [0.4, 0.5) is 0 Å². The molecule has 0 N–H and O–H groups in total. The molecule has 0 aliphatic heterocycles. The van der Waals surface area contributed by atoms with Crippen LogP contribution >= 0.6 is 0 Å². The van der Waals surface area contributed by atoms with Crippen LogP contribution in [0.15, 0.2) is 18.2 Å². The van der Waals surface area contributed by atoms with Crippen LogP contribution in [0.3, 0.4) is 0 Å². The van der Waals surface area contributed by atoms with Crippen molar-refractivity contribution >= 4 is 11.8 Å². The summed E-state index contributed by atoms with van der Waals surface area (Å²) in [6.45, 7) is 0. The highest BCUT2D eigenvalue weighted by molar-refractivity contribution is 6.10. The number of methoxy groups -OCH3 is 2. The maximum atomic E-state index is 12.1. The first kappa shape index (κ1) is 11.6. The van der Waals surface area contributed by atoms with Gasteiger partial charge in [0.15, 0.2) is 5.78 Å². The lowest BCUT2D eigenvalue weighted by molar-refractivity contribution is -0.143. The van der Waals surface area contributed by atoms with Crippen molar-refractivity contribution in [3.8, 4) is 5.75 Å². The molecule has 4 nitrogen and oxygen atoms in total. The number of fused-ring (bicyclic) bond motifs is 1. The predicted molar refractivity (Wildman–Crippen MR) is 61.2 cm³/mol. The average Bonchev–Trinajstić information content (AvgIpc) is 2.38. The Morgan fingerprint density at radius 1 is 1.35 bits per heavy atom. The molecule has 0 heterocycles. The van der Waals surface area contributed by atoms with Gasteiger partial charge in [-0.1, -0.05) is 12.1 Å². The molecule has 0 aromatic heterocycles. The monoisotopic (exact) mass is 234 g/mol. The summed E-state index contributed by atoms with van der Waals surface area (Å²) in [5.74, 6) is -0.584. The van der Waals surface area contributed by atoms with Gasteiger partial charge in [0.2, 0.25) is 0 Å². The molecule has 0 saturated heterocycles. The number of hydrogen-bond acceptors (Lipinski definition) is 4. The quantitative estimate of drug-likeness (QED) is 0.576. The minimum absolute atomic E-state index is 0.169. The van der Waals surface area contributed by atoms with Crippen LogP contribution in [-0.2, 0) is 16.0 Å². The van der Waals surface area contributed by atoms with Gasteiger partial charge >= 0.3 is 5.97 Å². The van der Waals surface area contributed by atoms with Gasteiger partial charge < -0.3 is 9.47 Å². The minimum Gasteiger partial charge on any atom is -0.496 e. The maximum Gasteiger partial charge on any atom is 0.316 e. The van der Waals surface area contributed by atoms with Gasteiger partial charge in [0.1, 0.15) is 11.7 Å². The smallest absolute Gasteiger partial charge is 0.316 e. The van der Waals surface area contributed by atoms with Gasteiger partial charge in [-0.3, -0.25) is 9.59 Å². The zero-order valence-corrected chi connectivity index (χ0v) is 9.86. The Morgan fingerprint density at radius 2 is 2.12 bits per heavy atom. The molecular weight excluding hydrogens is 220 g/mol. The third-order valence-electron chi connectivity index (χ3n) is 3.10. The van der Waals surface area contributed by atoms with E-state index in [4.69, 9.17) is 4.74 Å². The van der Waals surface area contributed by atoms with E-state index < -0.39 is 11.9 Å². The third-order valence-corrected chi connectivity index (χ3v) is 3.10. The van der Waals surface area contributed by atoms with Gasteiger partial charge in [-0.2, -0.15) is 0 Å². The molecule has 0 saturated carbocycles. The number of carbonyl (C=O) groups excluding carboxylic acids is 2. The van der Waals surface area contributed by atoms with Gasteiger partial charge in [-0.15, -0.1) is 0 Å². The second kappa shape index (κ2) is 4.57. The second-order valence-electron chi connectivity index (χ2n) is 3.97. The summed E-state index contributed by atoms with van der Waals surface area (Å²) >= 11 is 0. The number of esters is 1. The van der Waals surface area contributed by atoms with Crippen molar-refractivity contribution in [2.75, 3.05) is 14.2 Å². The molecule has 1 aliphatic rings. The Kier molecular flexibility index (Phi) is 3.13. The molecule has 17 heavy (non-hydrogen) atoms. The Labute approximate surface area is 99.5 Å². The van der Waals surface area contributed by atoms with Crippen LogP contribution in [0.2, 0.25) is 0 Å². The fraction of sp³-hybridized carbons (Fsp3) is 0.385. The summed E-state index contributed by atoms with van der Waals surface area (Å²) in [6, 6.07) is 5.31. The molecule has 0 radical (unpaired) electrons. The standard InChI is InChI=1S/C13H14O4/c1-16-11-5-3-4-9-8(11)6-7-10(12(9)14)13(15)17-2/h3-5,10H,6-7H2,1-2H3. The van der Waals surface area contributed by atoms with Crippen LogP contribution in [0, 0.1) is 5.92 Å². The molecule has 0 bridgehead atoms. The first-order chi connectivity index (χ1) is 8.19. The van der Waals surface area contributed by atoms with Crippen molar-refractivity contribution in [1.82, 2.24) is 0 Å². The summed E-state index contributed by atoms with van der Waals surface area (Å²) in [4.78, 5) is 23.6. The van der Waals surface area contributed by atoms with E-state index in [1.807, 2.05) is 6.07 Å². The number of benzene rings is 1. The first-order valence-corrected chi connectivity index (χ1v) is 5.47. The van der Waals surface area contributed by atoms with Crippen LogP contribution in [0.25, 0.3) is 0 Å². The average molecular weight is 234 g/mol. The van der Waals surface area contributed by atoms with Crippen molar-refractivity contribution in [2.24, 2.45) is 5.92 Å². The Hall–Kier alpha value is -1.84. The molecule has 1 atom stereocenters. The number of hydrogen-bond donors (Lipinski definition) is 0. The molecule has 1 aliphatic carbocycles. The molecule has 0 amide bonds. The highest BCUT2D eigenvalue weighted by atomic mass is 16.5. The molecule has 0 fully saturated rings. The van der Waals surface area contributed by atoms with E-state index in [1.165, 1.54) is 7.11 Å². The summed E-state index contributed by atoms with van der Waals surface area (Å²) < 4.78 is 9.86. The largest absolute Gasteiger partial charge is 0.496 e. The van der Waals surface area contributed by atoms with E-state index in [0.29, 0.717) is 24.2 Å². The highest BCUT2D eigenvalue weighted by Crippen LogP contribution is 2.32. The molecular formula is C13H14O4. The Bertz CT molecular complexity index is 464. The number of ketones is 1. The number of ether oxygens (including phenoxy) is 2. The highest BCUT2D eigenvalue weighted by Gasteiger charge is 2.34. The second-order valence-corrected chi connectivity index (χ2v) is 3.97. The molecule has 1 aromatic rings. The van der Waals surface area contributed by atoms with Gasteiger partial charge in [-0.05, 0) is 18.9 Å². The van der Waals surface area contributed by atoms with E-state index in [1.54, 1.807) is 19.2 Å².